The molecule has 1 aromatic carbocycles. The second-order valence-electron chi connectivity index (χ2n) is 3.99. The van der Waals surface area contributed by atoms with Crippen LogP contribution in [0.3, 0.4) is 0 Å². The Morgan fingerprint density at radius 2 is 2.06 bits per heavy atom. The smallest absolute Gasteiger partial charge is 0.147 e. The highest BCUT2D eigenvalue weighted by Crippen LogP contribution is 2.15. The molecule has 2 rings (SSSR count). The number of aromatic nitrogens is 2. The maximum Gasteiger partial charge on any atom is 0.147 e. The maximum atomic E-state index is 5.95. The monoisotopic (exact) mass is 281 g/mol. The first-order valence-electron chi connectivity index (χ1n) is 5.51. The van der Waals surface area contributed by atoms with E-state index in [0.717, 1.165) is 28.6 Å². The van der Waals surface area contributed by atoms with Crippen LogP contribution in [0.5, 0.6) is 0 Å². The van der Waals surface area contributed by atoms with E-state index < -0.39 is 0 Å². The van der Waals surface area contributed by atoms with Gasteiger partial charge in [0, 0.05) is 18.6 Å². The van der Waals surface area contributed by atoms with Gasteiger partial charge in [0.1, 0.15) is 5.82 Å². The summed E-state index contributed by atoms with van der Waals surface area (Å²) in [4.78, 5) is 10.5. The van der Waals surface area contributed by atoms with Crippen LogP contribution in [0.2, 0.25) is 5.02 Å². The lowest BCUT2D eigenvalue weighted by atomic mass is 10.2. The molecule has 5 heteroatoms. The Morgan fingerprint density at radius 1 is 1.22 bits per heavy atom. The van der Waals surface area contributed by atoms with Crippen molar-refractivity contribution in [3.05, 3.63) is 52.9 Å². The van der Waals surface area contributed by atoms with Gasteiger partial charge in [-0.1, -0.05) is 23.7 Å². The Hall–Kier alpha value is -1.32. The van der Waals surface area contributed by atoms with E-state index in [1.54, 1.807) is 12.4 Å². The van der Waals surface area contributed by atoms with E-state index in [0.29, 0.717) is 5.88 Å². The number of halogens is 2. The molecule has 0 radical (unpaired) electrons. The van der Waals surface area contributed by atoms with Crippen LogP contribution in [-0.4, -0.2) is 17.0 Å². The summed E-state index contributed by atoms with van der Waals surface area (Å²) in [6.07, 6.45) is 3.42. The van der Waals surface area contributed by atoms with Crippen LogP contribution in [0.25, 0.3) is 0 Å². The lowest BCUT2D eigenvalue weighted by molar-refractivity contribution is 0.884. The SMILES string of the molecule is CN(Cc1cccc(Cl)c1)c1cnc(CCl)cn1. The van der Waals surface area contributed by atoms with E-state index >= 15 is 0 Å². The topological polar surface area (TPSA) is 29.0 Å². The molecule has 1 aromatic heterocycles. The van der Waals surface area contributed by atoms with Crippen LogP contribution < -0.4 is 4.90 Å². The minimum atomic E-state index is 0.380. The first kappa shape index (κ1) is 13.1. The van der Waals surface area contributed by atoms with Crippen LogP contribution in [0.1, 0.15) is 11.3 Å². The van der Waals surface area contributed by atoms with Gasteiger partial charge in [-0.05, 0) is 17.7 Å². The molecule has 0 amide bonds. The first-order valence-corrected chi connectivity index (χ1v) is 6.43. The number of hydrogen-bond acceptors (Lipinski definition) is 3. The van der Waals surface area contributed by atoms with Gasteiger partial charge >= 0.3 is 0 Å². The molecule has 0 unspecified atom stereocenters. The highest BCUT2D eigenvalue weighted by molar-refractivity contribution is 6.30. The molecule has 0 N–H and O–H groups in total. The van der Waals surface area contributed by atoms with Gasteiger partial charge in [0.2, 0.25) is 0 Å². The number of hydrogen-bond donors (Lipinski definition) is 0. The lowest BCUT2D eigenvalue weighted by Crippen LogP contribution is -2.18. The van der Waals surface area contributed by atoms with Gasteiger partial charge in [-0.15, -0.1) is 11.6 Å². The van der Waals surface area contributed by atoms with Crippen molar-refractivity contribution >= 4 is 29.0 Å². The summed E-state index contributed by atoms with van der Waals surface area (Å²) >= 11 is 11.6. The maximum absolute atomic E-state index is 5.95. The molecule has 0 aliphatic heterocycles. The average Bonchev–Trinajstić information content (AvgIpc) is 2.39. The van der Waals surface area contributed by atoms with E-state index in [4.69, 9.17) is 23.2 Å². The molecule has 0 fully saturated rings. The van der Waals surface area contributed by atoms with Crippen molar-refractivity contribution in [1.82, 2.24) is 9.97 Å². The molecule has 2 aromatic rings. The van der Waals surface area contributed by atoms with Crippen LogP contribution in [-0.2, 0) is 12.4 Å². The number of alkyl halides is 1. The van der Waals surface area contributed by atoms with E-state index in [1.807, 2.05) is 36.2 Å². The molecule has 0 aliphatic rings. The molecule has 0 bridgehead atoms. The van der Waals surface area contributed by atoms with Crippen molar-refractivity contribution in [2.24, 2.45) is 0 Å². The fraction of sp³-hybridized carbons (Fsp3) is 0.231. The van der Waals surface area contributed by atoms with Gasteiger partial charge in [0.05, 0.1) is 24.0 Å². The van der Waals surface area contributed by atoms with Crippen LogP contribution >= 0.6 is 23.2 Å². The summed E-state index contributed by atoms with van der Waals surface area (Å²) in [6.45, 7) is 0.732. The molecule has 3 nitrogen and oxygen atoms in total. The summed E-state index contributed by atoms with van der Waals surface area (Å²) in [5.41, 5.74) is 1.91. The summed E-state index contributed by atoms with van der Waals surface area (Å²) in [7, 11) is 1.96. The van der Waals surface area contributed by atoms with Crippen molar-refractivity contribution in [2.45, 2.75) is 12.4 Å². The average molecular weight is 282 g/mol. The molecule has 0 atom stereocenters. The largest absolute Gasteiger partial charge is 0.354 e. The van der Waals surface area contributed by atoms with Gasteiger partial charge in [0.25, 0.3) is 0 Å². The van der Waals surface area contributed by atoms with Gasteiger partial charge < -0.3 is 4.90 Å². The van der Waals surface area contributed by atoms with Crippen LogP contribution in [0, 0.1) is 0 Å². The Morgan fingerprint density at radius 3 is 2.67 bits per heavy atom. The number of anilines is 1. The first-order chi connectivity index (χ1) is 8.69. The summed E-state index contributed by atoms with van der Waals surface area (Å²) < 4.78 is 0. The zero-order valence-electron chi connectivity index (χ0n) is 9.98. The molecule has 0 saturated heterocycles. The van der Waals surface area contributed by atoms with Crippen molar-refractivity contribution < 1.29 is 0 Å². The highest BCUT2D eigenvalue weighted by Gasteiger charge is 2.04. The Kier molecular flexibility index (Phi) is 4.39. The van der Waals surface area contributed by atoms with Crippen molar-refractivity contribution in [2.75, 3.05) is 11.9 Å². The quantitative estimate of drug-likeness (QED) is 0.804. The predicted molar refractivity (Wildman–Crippen MR) is 75.1 cm³/mol. The van der Waals surface area contributed by atoms with Crippen LogP contribution in [0.4, 0.5) is 5.82 Å². The Balaban J connectivity index is 2.09. The number of rotatable bonds is 4. The molecule has 1 heterocycles. The van der Waals surface area contributed by atoms with Gasteiger partial charge in [-0.25, -0.2) is 4.98 Å². The molecule has 0 aliphatic carbocycles. The van der Waals surface area contributed by atoms with Crippen molar-refractivity contribution in [1.29, 1.82) is 0 Å². The normalized spacial score (nSPS) is 10.4. The Bertz CT molecular complexity index is 514. The van der Waals surface area contributed by atoms with Gasteiger partial charge in [-0.2, -0.15) is 0 Å². The molecule has 0 spiro atoms. The third-order valence-corrected chi connectivity index (χ3v) is 3.04. The van der Waals surface area contributed by atoms with Gasteiger partial charge in [-0.3, -0.25) is 4.98 Å². The second-order valence-corrected chi connectivity index (χ2v) is 4.69. The molecule has 0 saturated carbocycles. The number of nitrogens with zero attached hydrogens (tertiary/aromatic N) is 3. The van der Waals surface area contributed by atoms with E-state index in [2.05, 4.69) is 9.97 Å². The molecule has 94 valence electrons. The van der Waals surface area contributed by atoms with Crippen LogP contribution in [0.15, 0.2) is 36.7 Å². The zero-order chi connectivity index (χ0) is 13.0. The lowest BCUT2D eigenvalue weighted by Gasteiger charge is -2.18. The zero-order valence-corrected chi connectivity index (χ0v) is 11.5. The highest BCUT2D eigenvalue weighted by atomic mass is 35.5. The molecule has 18 heavy (non-hydrogen) atoms. The fourth-order valence-electron chi connectivity index (χ4n) is 1.60. The third kappa shape index (κ3) is 3.34. The van der Waals surface area contributed by atoms with Crippen molar-refractivity contribution in [3.8, 4) is 0 Å². The minimum absolute atomic E-state index is 0.380. The predicted octanol–water partition coefficient (Wildman–Crippen LogP) is 3.51. The van der Waals surface area contributed by atoms with Crippen molar-refractivity contribution in [3.63, 3.8) is 0 Å². The standard InChI is InChI=1S/C13H13Cl2N3/c1-18(9-10-3-2-4-11(15)5-10)13-8-16-12(6-14)7-17-13/h2-5,7-8H,6,9H2,1H3. The van der Waals surface area contributed by atoms with E-state index in [1.165, 1.54) is 0 Å². The van der Waals surface area contributed by atoms with Gasteiger partial charge in [0.15, 0.2) is 0 Å². The molecular formula is C13H13Cl2N3. The third-order valence-electron chi connectivity index (χ3n) is 2.53. The van der Waals surface area contributed by atoms with E-state index in [9.17, 15) is 0 Å². The second kappa shape index (κ2) is 6.03. The fourth-order valence-corrected chi connectivity index (χ4v) is 1.96. The summed E-state index contributed by atoms with van der Waals surface area (Å²) in [5.74, 6) is 1.19. The Labute approximate surface area is 116 Å². The number of benzene rings is 1. The minimum Gasteiger partial charge on any atom is -0.354 e. The molecular weight excluding hydrogens is 269 g/mol. The summed E-state index contributed by atoms with van der Waals surface area (Å²) in [5, 5.41) is 0.740. The van der Waals surface area contributed by atoms with E-state index in [-0.39, 0.29) is 0 Å². The summed E-state index contributed by atoms with van der Waals surface area (Å²) in [6, 6.07) is 7.77.